The number of rotatable bonds is 4. The number of esters is 3. The molecule has 0 saturated carbocycles. The summed E-state index contributed by atoms with van der Waals surface area (Å²) >= 11 is 0. The van der Waals surface area contributed by atoms with Crippen LogP contribution in [-0.2, 0) is 39.8 Å². The van der Waals surface area contributed by atoms with Gasteiger partial charge in [-0.1, -0.05) is 12.1 Å². The summed E-state index contributed by atoms with van der Waals surface area (Å²) in [5, 5.41) is 0. The highest BCUT2D eigenvalue weighted by Crippen LogP contribution is 2.35. The SMILES string of the molecule is CC(=O)O[C@@H]1[C@@H](OC(C)=O)[C@H](OC(C)=O)CO[C@H]1N1CCc2ccc(C)cc21. The molecule has 1 saturated heterocycles. The molecular formula is C20H25NO7. The zero-order valence-corrected chi connectivity index (χ0v) is 16.5. The van der Waals surface area contributed by atoms with E-state index in [1.807, 2.05) is 17.9 Å². The average molecular weight is 391 g/mol. The molecule has 1 aromatic carbocycles. The number of aryl methyl sites for hydroxylation is 1. The van der Waals surface area contributed by atoms with Crippen molar-refractivity contribution in [1.82, 2.24) is 0 Å². The fourth-order valence-electron chi connectivity index (χ4n) is 3.77. The predicted molar refractivity (Wildman–Crippen MR) is 98.6 cm³/mol. The lowest BCUT2D eigenvalue weighted by Gasteiger charge is -2.44. The Balaban J connectivity index is 1.94. The Bertz CT molecular complexity index is 778. The first-order valence-corrected chi connectivity index (χ1v) is 9.25. The van der Waals surface area contributed by atoms with Gasteiger partial charge in [-0.3, -0.25) is 14.4 Å². The molecule has 28 heavy (non-hydrogen) atoms. The summed E-state index contributed by atoms with van der Waals surface area (Å²) in [4.78, 5) is 37.0. The second-order valence-corrected chi connectivity index (χ2v) is 7.10. The van der Waals surface area contributed by atoms with E-state index >= 15 is 0 Å². The summed E-state index contributed by atoms with van der Waals surface area (Å²) in [6, 6.07) is 6.17. The number of carbonyl (C=O) groups is 3. The first-order chi connectivity index (χ1) is 13.3. The quantitative estimate of drug-likeness (QED) is 0.563. The molecule has 8 heteroatoms. The van der Waals surface area contributed by atoms with E-state index < -0.39 is 42.4 Å². The molecule has 152 valence electrons. The largest absolute Gasteiger partial charge is 0.456 e. The lowest BCUT2D eigenvalue weighted by Crippen LogP contribution is -2.62. The van der Waals surface area contributed by atoms with Gasteiger partial charge in [-0.05, 0) is 30.5 Å². The molecule has 8 nitrogen and oxygen atoms in total. The zero-order valence-electron chi connectivity index (χ0n) is 16.5. The van der Waals surface area contributed by atoms with Crippen molar-refractivity contribution in [3.8, 4) is 0 Å². The second-order valence-electron chi connectivity index (χ2n) is 7.10. The minimum Gasteiger partial charge on any atom is -0.456 e. The first kappa shape index (κ1) is 20.1. The van der Waals surface area contributed by atoms with Crippen molar-refractivity contribution in [1.29, 1.82) is 0 Å². The van der Waals surface area contributed by atoms with Gasteiger partial charge < -0.3 is 23.8 Å². The summed E-state index contributed by atoms with van der Waals surface area (Å²) in [5.74, 6) is -1.63. The highest BCUT2D eigenvalue weighted by Gasteiger charge is 2.49. The van der Waals surface area contributed by atoms with Gasteiger partial charge in [0.1, 0.15) is 0 Å². The Morgan fingerprint density at radius 1 is 1.00 bits per heavy atom. The lowest BCUT2D eigenvalue weighted by molar-refractivity contribution is -0.225. The van der Waals surface area contributed by atoms with Crippen molar-refractivity contribution in [2.45, 2.75) is 58.7 Å². The van der Waals surface area contributed by atoms with Crippen LogP contribution in [0.25, 0.3) is 0 Å². The number of hydrogen-bond acceptors (Lipinski definition) is 8. The van der Waals surface area contributed by atoms with Gasteiger partial charge in [0.2, 0.25) is 0 Å². The Hall–Kier alpha value is -2.61. The van der Waals surface area contributed by atoms with Gasteiger partial charge in [-0.15, -0.1) is 0 Å². The van der Waals surface area contributed by atoms with Crippen LogP contribution in [0.4, 0.5) is 5.69 Å². The maximum Gasteiger partial charge on any atom is 0.303 e. The van der Waals surface area contributed by atoms with Crippen LogP contribution in [0, 0.1) is 6.92 Å². The molecule has 0 aromatic heterocycles. The van der Waals surface area contributed by atoms with E-state index in [0.717, 1.165) is 17.7 Å². The molecule has 0 radical (unpaired) electrons. The minimum atomic E-state index is -0.960. The van der Waals surface area contributed by atoms with Gasteiger partial charge in [0, 0.05) is 33.0 Å². The Kier molecular flexibility index (Phi) is 5.88. The van der Waals surface area contributed by atoms with Gasteiger partial charge in [0.05, 0.1) is 6.61 Å². The third kappa shape index (κ3) is 4.27. The molecule has 0 N–H and O–H groups in total. The Morgan fingerprint density at radius 2 is 1.64 bits per heavy atom. The zero-order chi connectivity index (χ0) is 20.4. The molecule has 0 unspecified atom stereocenters. The van der Waals surface area contributed by atoms with E-state index in [4.69, 9.17) is 18.9 Å². The third-order valence-electron chi connectivity index (χ3n) is 4.80. The van der Waals surface area contributed by atoms with Crippen LogP contribution in [0.1, 0.15) is 31.9 Å². The van der Waals surface area contributed by atoms with Gasteiger partial charge in [-0.2, -0.15) is 0 Å². The Morgan fingerprint density at radius 3 is 2.29 bits per heavy atom. The third-order valence-corrected chi connectivity index (χ3v) is 4.80. The molecule has 1 fully saturated rings. The van der Waals surface area contributed by atoms with Crippen molar-refractivity contribution < 1.29 is 33.3 Å². The van der Waals surface area contributed by atoms with Gasteiger partial charge in [0.15, 0.2) is 24.5 Å². The molecular weight excluding hydrogens is 366 g/mol. The minimum absolute atomic E-state index is 0.0254. The molecule has 4 atom stereocenters. The topological polar surface area (TPSA) is 91.4 Å². The average Bonchev–Trinajstić information content (AvgIpc) is 2.99. The van der Waals surface area contributed by atoms with E-state index in [-0.39, 0.29) is 6.61 Å². The van der Waals surface area contributed by atoms with Crippen LogP contribution in [0.2, 0.25) is 0 Å². The Labute approximate surface area is 163 Å². The van der Waals surface area contributed by atoms with E-state index in [0.29, 0.717) is 6.54 Å². The smallest absolute Gasteiger partial charge is 0.303 e. The molecule has 3 rings (SSSR count). The summed E-state index contributed by atoms with van der Waals surface area (Å²) in [6.07, 6.45) is -2.60. The van der Waals surface area contributed by atoms with Crippen molar-refractivity contribution >= 4 is 23.6 Å². The first-order valence-electron chi connectivity index (χ1n) is 9.25. The maximum atomic E-state index is 11.8. The molecule has 0 spiro atoms. The van der Waals surface area contributed by atoms with Gasteiger partial charge in [-0.25, -0.2) is 0 Å². The van der Waals surface area contributed by atoms with Gasteiger partial charge in [0.25, 0.3) is 0 Å². The molecule has 2 aliphatic rings. The van der Waals surface area contributed by atoms with Crippen LogP contribution in [0.15, 0.2) is 18.2 Å². The van der Waals surface area contributed by atoms with Gasteiger partial charge >= 0.3 is 17.9 Å². The fraction of sp³-hybridized carbons (Fsp3) is 0.550. The van der Waals surface area contributed by atoms with Crippen molar-refractivity contribution in [3.05, 3.63) is 29.3 Å². The molecule has 0 amide bonds. The lowest BCUT2D eigenvalue weighted by atomic mass is 10.0. The number of nitrogens with zero attached hydrogens (tertiary/aromatic N) is 1. The van der Waals surface area contributed by atoms with Crippen molar-refractivity contribution in [3.63, 3.8) is 0 Å². The molecule has 0 aliphatic carbocycles. The highest BCUT2D eigenvalue weighted by molar-refractivity contribution is 5.69. The van der Waals surface area contributed by atoms with E-state index in [9.17, 15) is 14.4 Å². The fourth-order valence-corrected chi connectivity index (χ4v) is 3.77. The molecule has 1 aromatic rings. The van der Waals surface area contributed by atoms with Crippen molar-refractivity contribution in [2.75, 3.05) is 18.1 Å². The van der Waals surface area contributed by atoms with E-state index in [1.165, 1.54) is 26.3 Å². The number of hydrogen-bond donors (Lipinski definition) is 0. The molecule has 0 bridgehead atoms. The predicted octanol–water partition coefficient (Wildman–Crippen LogP) is 1.51. The number of carbonyl (C=O) groups excluding carboxylic acids is 3. The number of ether oxygens (including phenoxy) is 4. The van der Waals surface area contributed by atoms with Crippen LogP contribution in [-0.4, -0.2) is 55.6 Å². The van der Waals surface area contributed by atoms with E-state index in [2.05, 4.69) is 12.1 Å². The molecule has 2 heterocycles. The molecule has 2 aliphatic heterocycles. The van der Waals surface area contributed by atoms with Crippen molar-refractivity contribution in [2.24, 2.45) is 0 Å². The number of fused-ring (bicyclic) bond motifs is 1. The number of anilines is 1. The monoisotopic (exact) mass is 391 g/mol. The summed E-state index contributed by atoms with van der Waals surface area (Å²) in [5.41, 5.74) is 3.26. The standard InChI is InChI=1S/C20H25NO7/c1-11-5-6-15-7-8-21(16(15)9-11)20-19(28-14(4)24)18(27-13(3)23)17(10-25-20)26-12(2)22/h5-6,9,17-20H,7-8,10H2,1-4H3/t17-,18+,19-,20-/m1/s1. The van der Waals surface area contributed by atoms with Crippen LogP contribution in [0.5, 0.6) is 0 Å². The summed E-state index contributed by atoms with van der Waals surface area (Å²) in [6.45, 7) is 6.50. The highest BCUT2D eigenvalue weighted by atomic mass is 16.6. The van der Waals surface area contributed by atoms with E-state index in [1.54, 1.807) is 0 Å². The van der Waals surface area contributed by atoms with Crippen LogP contribution >= 0.6 is 0 Å². The summed E-state index contributed by atoms with van der Waals surface area (Å²) in [7, 11) is 0. The van der Waals surface area contributed by atoms with Crippen LogP contribution in [0.3, 0.4) is 0 Å². The normalized spacial score (nSPS) is 26.4. The second kappa shape index (κ2) is 8.18. The number of benzene rings is 1. The van der Waals surface area contributed by atoms with Crippen LogP contribution < -0.4 is 4.90 Å². The summed E-state index contributed by atoms with van der Waals surface area (Å²) < 4.78 is 22.2. The maximum absolute atomic E-state index is 11.8.